The Morgan fingerprint density at radius 2 is 2.10 bits per heavy atom. The van der Waals surface area contributed by atoms with Crippen LogP contribution in [0.5, 0.6) is 0 Å². The number of nitrogens with zero attached hydrogens (tertiary/aromatic N) is 1. The number of ether oxygens (including phenoxy) is 1. The average Bonchev–Trinajstić information content (AvgIpc) is 2.95. The van der Waals surface area contributed by atoms with E-state index in [2.05, 4.69) is 15.3 Å². The number of guanidine groups is 1. The highest BCUT2D eigenvalue weighted by atomic mass is 16.5. The molecule has 1 aliphatic rings. The number of benzene rings is 1. The van der Waals surface area contributed by atoms with Gasteiger partial charge in [0.1, 0.15) is 0 Å². The van der Waals surface area contributed by atoms with E-state index in [0.29, 0.717) is 16.8 Å². The third-order valence-electron chi connectivity index (χ3n) is 3.43. The van der Waals surface area contributed by atoms with Crippen LogP contribution in [0.3, 0.4) is 0 Å². The smallest absolute Gasteiger partial charge is 0.338 e. The van der Waals surface area contributed by atoms with Gasteiger partial charge in [-0.25, -0.2) is 9.79 Å². The molecule has 1 unspecified atom stereocenters. The van der Waals surface area contributed by atoms with Crippen LogP contribution in [0.2, 0.25) is 0 Å². The number of esters is 1. The molecule has 21 heavy (non-hydrogen) atoms. The number of methoxy groups -OCH3 is 1. The van der Waals surface area contributed by atoms with Crippen LogP contribution in [0.1, 0.15) is 21.6 Å². The molecule has 0 fully saturated rings. The van der Waals surface area contributed by atoms with E-state index in [0.717, 1.165) is 5.69 Å². The van der Waals surface area contributed by atoms with E-state index in [9.17, 15) is 4.79 Å². The first kappa shape index (κ1) is 13.2. The fourth-order valence-electron chi connectivity index (χ4n) is 2.50. The number of nitrogens with two attached hydrogens (primary N) is 2. The number of nitrogens with one attached hydrogen (secondary N) is 2. The fraction of sp³-hybridized carbons (Fsp3) is 0.143. The van der Waals surface area contributed by atoms with Crippen molar-refractivity contribution in [2.24, 2.45) is 16.5 Å². The molecule has 1 atom stereocenters. The van der Waals surface area contributed by atoms with E-state index < -0.39 is 11.6 Å². The Morgan fingerprint density at radius 1 is 1.33 bits per heavy atom. The fourth-order valence-corrected chi connectivity index (χ4v) is 2.50. The Balaban J connectivity index is 2.24. The van der Waals surface area contributed by atoms with E-state index in [4.69, 9.17) is 16.2 Å². The largest absolute Gasteiger partial charge is 0.465 e. The van der Waals surface area contributed by atoms with Gasteiger partial charge >= 0.3 is 5.97 Å². The van der Waals surface area contributed by atoms with Gasteiger partial charge < -0.3 is 20.8 Å². The van der Waals surface area contributed by atoms with Crippen molar-refractivity contribution in [2.75, 3.05) is 12.4 Å². The molecular formula is C14H15N5O2. The lowest BCUT2D eigenvalue weighted by molar-refractivity contribution is 0.0598. The summed E-state index contributed by atoms with van der Waals surface area (Å²) in [6.07, 6.45) is 1.73. The lowest BCUT2D eigenvalue weighted by atomic mass is 9.91. The molecule has 3 rings (SSSR count). The SMILES string of the molecule is COC(=O)c1ccccc1C1(N)N=C(N)Nc2cc[nH]c21. The maximum atomic E-state index is 12.0. The summed E-state index contributed by atoms with van der Waals surface area (Å²) in [5, 5.41) is 2.93. The highest BCUT2D eigenvalue weighted by Crippen LogP contribution is 2.36. The van der Waals surface area contributed by atoms with Crippen molar-refractivity contribution in [1.29, 1.82) is 0 Å². The van der Waals surface area contributed by atoms with Crippen LogP contribution in [0.15, 0.2) is 41.5 Å². The van der Waals surface area contributed by atoms with Gasteiger partial charge in [0.15, 0.2) is 11.6 Å². The van der Waals surface area contributed by atoms with E-state index in [-0.39, 0.29) is 5.96 Å². The number of hydrogen-bond acceptors (Lipinski definition) is 6. The zero-order valence-electron chi connectivity index (χ0n) is 11.4. The highest BCUT2D eigenvalue weighted by Gasteiger charge is 2.39. The zero-order valence-corrected chi connectivity index (χ0v) is 11.4. The van der Waals surface area contributed by atoms with Gasteiger partial charge in [0.05, 0.1) is 24.1 Å². The number of aromatic amines is 1. The molecule has 1 aromatic carbocycles. The molecule has 1 aliphatic heterocycles. The van der Waals surface area contributed by atoms with Gasteiger partial charge in [-0.05, 0) is 12.1 Å². The van der Waals surface area contributed by atoms with Gasteiger partial charge in [0, 0.05) is 11.8 Å². The van der Waals surface area contributed by atoms with Crippen LogP contribution in [0, 0.1) is 0 Å². The molecule has 7 nitrogen and oxygen atoms in total. The van der Waals surface area contributed by atoms with E-state index >= 15 is 0 Å². The summed E-state index contributed by atoms with van der Waals surface area (Å²) in [7, 11) is 1.32. The predicted molar refractivity (Wildman–Crippen MR) is 78.8 cm³/mol. The number of H-pyrrole nitrogens is 1. The number of rotatable bonds is 2. The molecule has 0 saturated carbocycles. The Bertz CT molecular complexity index is 736. The van der Waals surface area contributed by atoms with Crippen LogP contribution >= 0.6 is 0 Å². The van der Waals surface area contributed by atoms with Crippen molar-refractivity contribution >= 4 is 17.6 Å². The molecule has 0 aliphatic carbocycles. The van der Waals surface area contributed by atoms with Crippen molar-refractivity contribution in [3.8, 4) is 0 Å². The monoisotopic (exact) mass is 285 g/mol. The van der Waals surface area contributed by atoms with Crippen LogP contribution in [-0.2, 0) is 10.4 Å². The minimum atomic E-state index is -1.28. The first-order valence-electron chi connectivity index (χ1n) is 6.33. The molecule has 0 amide bonds. The quantitative estimate of drug-likeness (QED) is 0.606. The van der Waals surface area contributed by atoms with E-state index in [1.54, 1.807) is 36.5 Å². The van der Waals surface area contributed by atoms with Crippen molar-refractivity contribution in [3.05, 3.63) is 53.3 Å². The summed E-state index contributed by atoms with van der Waals surface area (Å²) in [5.41, 5.74) is 13.2. The van der Waals surface area contributed by atoms with Gasteiger partial charge in [-0.15, -0.1) is 0 Å². The summed E-state index contributed by atoms with van der Waals surface area (Å²) in [5.74, 6) is -0.292. The lowest BCUT2D eigenvalue weighted by Crippen LogP contribution is -2.45. The maximum absolute atomic E-state index is 12.0. The topological polar surface area (TPSA) is 119 Å². The molecule has 0 radical (unpaired) electrons. The molecule has 6 N–H and O–H groups in total. The van der Waals surface area contributed by atoms with Crippen LogP contribution in [-0.4, -0.2) is 24.0 Å². The number of anilines is 1. The first-order chi connectivity index (χ1) is 10.1. The van der Waals surface area contributed by atoms with E-state index in [1.807, 2.05) is 0 Å². The Morgan fingerprint density at radius 3 is 2.86 bits per heavy atom. The number of carbonyl (C=O) groups is 1. The minimum Gasteiger partial charge on any atom is -0.465 e. The van der Waals surface area contributed by atoms with Crippen LogP contribution in [0.25, 0.3) is 0 Å². The number of carbonyl (C=O) groups excluding carboxylic acids is 1. The van der Waals surface area contributed by atoms with Crippen LogP contribution in [0.4, 0.5) is 5.69 Å². The average molecular weight is 285 g/mol. The standard InChI is InChI=1S/C14H15N5O2/c1-21-12(20)8-4-2-3-5-9(8)14(16)11-10(6-7-17-11)18-13(15)19-14/h2-7,17H,16H2,1H3,(H3,15,18,19). The molecule has 2 aromatic rings. The van der Waals surface area contributed by atoms with Gasteiger partial charge in [-0.1, -0.05) is 18.2 Å². The summed E-state index contributed by atoms with van der Waals surface area (Å²) in [4.78, 5) is 19.3. The predicted octanol–water partition coefficient (Wildman–Crippen LogP) is 0.701. The van der Waals surface area contributed by atoms with Gasteiger partial charge in [-0.2, -0.15) is 0 Å². The number of hydrogen-bond donors (Lipinski definition) is 4. The summed E-state index contributed by atoms with van der Waals surface area (Å²) in [6, 6.07) is 8.71. The van der Waals surface area contributed by atoms with Crippen molar-refractivity contribution in [3.63, 3.8) is 0 Å². The second kappa shape index (κ2) is 4.64. The van der Waals surface area contributed by atoms with E-state index in [1.165, 1.54) is 7.11 Å². The second-order valence-corrected chi connectivity index (χ2v) is 4.69. The Labute approximate surface area is 121 Å². The van der Waals surface area contributed by atoms with Gasteiger partial charge in [0.25, 0.3) is 0 Å². The molecule has 0 spiro atoms. The molecule has 2 heterocycles. The molecule has 1 aromatic heterocycles. The van der Waals surface area contributed by atoms with Crippen molar-refractivity contribution in [1.82, 2.24) is 4.98 Å². The number of aromatic nitrogens is 1. The Hall–Kier alpha value is -2.80. The molecule has 0 saturated heterocycles. The minimum absolute atomic E-state index is 0.185. The van der Waals surface area contributed by atoms with Gasteiger partial charge in [-0.3, -0.25) is 5.73 Å². The summed E-state index contributed by atoms with van der Waals surface area (Å²) in [6.45, 7) is 0. The Kier molecular flexibility index (Phi) is 2.91. The second-order valence-electron chi connectivity index (χ2n) is 4.69. The molecule has 0 bridgehead atoms. The molecular weight excluding hydrogens is 270 g/mol. The van der Waals surface area contributed by atoms with Crippen LogP contribution < -0.4 is 16.8 Å². The first-order valence-corrected chi connectivity index (χ1v) is 6.33. The zero-order chi connectivity index (χ0) is 15.0. The normalized spacial score (nSPS) is 20.2. The number of fused-ring (bicyclic) bond motifs is 1. The maximum Gasteiger partial charge on any atom is 0.338 e. The molecule has 108 valence electrons. The number of aliphatic imine (C=N–C) groups is 1. The lowest BCUT2D eigenvalue weighted by Gasteiger charge is -2.31. The molecule has 7 heteroatoms. The third kappa shape index (κ3) is 1.95. The third-order valence-corrected chi connectivity index (χ3v) is 3.43. The highest BCUT2D eigenvalue weighted by molar-refractivity contribution is 5.97. The van der Waals surface area contributed by atoms with Crippen molar-refractivity contribution in [2.45, 2.75) is 5.66 Å². The van der Waals surface area contributed by atoms with Gasteiger partial charge in [0.2, 0.25) is 0 Å². The summed E-state index contributed by atoms with van der Waals surface area (Å²) >= 11 is 0. The van der Waals surface area contributed by atoms with Crippen molar-refractivity contribution < 1.29 is 9.53 Å². The summed E-state index contributed by atoms with van der Waals surface area (Å²) < 4.78 is 4.81.